The molecule has 1 aromatic heterocycles. The minimum atomic E-state index is -4.07. The summed E-state index contributed by atoms with van der Waals surface area (Å²) in [5, 5.41) is 0.959. The monoisotopic (exact) mass is 497 g/mol. The van der Waals surface area contributed by atoms with Crippen molar-refractivity contribution in [3.05, 3.63) is 77.4 Å². The second kappa shape index (κ2) is 11.4. The molecule has 1 heterocycles. The second-order valence-electron chi connectivity index (χ2n) is 8.14. The van der Waals surface area contributed by atoms with Crippen LogP contribution in [-0.2, 0) is 18.8 Å². The van der Waals surface area contributed by atoms with Crippen LogP contribution in [0, 0.1) is 17.4 Å². The van der Waals surface area contributed by atoms with Gasteiger partial charge in [0.2, 0.25) is 0 Å². The molecule has 0 aliphatic carbocycles. The summed E-state index contributed by atoms with van der Waals surface area (Å²) < 4.78 is 38.8. The number of nitrogens with zero attached hydrogens (tertiary/aromatic N) is 1. The Hall–Kier alpha value is -3.33. The number of fused-ring (bicyclic) bond motifs is 1. The van der Waals surface area contributed by atoms with E-state index in [1.165, 1.54) is 12.1 Å². The van der Waals surface area contributed by atoms with Crippen LogP contribution in [0.3, 0.4) is 0 Å². The largest absolute Gasteiger partial charge is 0.497 e. The number of rotatable bonds is 8. The summed E-state index contributed by atoms with van der Waals surface area (Å²) in [6.07, 6.45) is 0.646. The summed E-state index contributed by atoms with van der Waals surface area (Å²) in [6, 6.07) is 13.7. The molecular formula is C27H29FNO5P. The van der Waals surface area contributed by atoms with Gasteiger partial charge in [0, 0.05) is 11.1 Å². The van der Waals surface area contributed by atoms with Crippen molar-refractivity contribution in [2.45, 2.75) is 33.6 Å². The maximum atomic E-state index is 13.6. The Labute approximate surface area is 204 Å². The van der Waals surface area contributed by atoms with Gasteiger partial charge in [0.05, 0.1) is 31.0 Å². The molecule has 1 atom stereocenters. The standard InChI is InChI=1S/C27H29FNO5P/c1-5-33-22(17-26(30)34-6-2)18-35(31,32)16-15-25-27(19(3)4)23-9-7-8-10-24(23)29(25)21-13-11-20(28)12-14-21/h7-14,17,19H,5-6,18H2,1-4H3,(H,31,32)/b22-17-. The Morgan fingerprint density at radius 3 is 2.40 bits per heavy atom. The first-order chi connectivity index (χ1) is 16.7. The first-order valence-corrected chi connectivity index (χ1v) is 13.3. The van der Waals surface area contributed by atoms with Crippen LogP contribution >= 0.6 is 7.37 Å². The molecule has 3 aromatic rings. The van der Waals surface area contributed by atoms with E-state index in [0.717, 1.165) is 22.5 Å². The zero-order valence-electron chi connectivity index (χ0n) is 20.2. The van der Waals surface area contributed by atoms with Gasteiger partial charge < -0.3 is 18.9 Å². The lowest BCUT2D eigenvalue weighted by molar-refractivity contribution is -0.137. The maximum Gasteiger partial charge on any atom is 0.334 e. The molecule has 35 heavy (non-hydrogen) atoms. The Morgan fingerprint density at radius 2 is 1.77 bits per heavy atom. The highest BCUT2D eigenvalue weighted by atomic mass is 31.2. The molecule has 0 saturated heterocycles. The third-order valence-electron chi connectivity index (χ3n) is 5.19. The molecule has 0 fully saturated rings. The molecule has 0 spiro atoms. The van der Waals surface area contributed by atoms with E-state index >= 15 is 0 Å². The summed E-state index contributed by atoms with van der Waals surface area (Å²) in [5.41, 5.74) is 5.55. The summed E-state index contributed by atoms with van der Waals surface area (Å²) in [7, 11) is -4.07. The van der Waals surface area contributed by atoms with Crippen molar-refractivity contribution < 1.29 is 28.1 Å². The van der Waals surface area contributed by atoms with Gasteiger partial charge in [-0.25, -0.2) is 9.18 Å². The van der Waals surface area contributed by atoms with Crippen molar-refractivity contribution in [2.24, 2.45) is 0 Å². The molecule has 6 nitrogen and oxygen atoms in total. The van der Waals surface area contributed by atoms with Crippen LogP contribution in [0.15, 0.2) is 60.4 Å². The predicted octanol–water partition coefficient (Wildman–Crippen LogP) is 5.96. The van der Waals surface area contributed by atoms with Crippen LogP contribution in [0.5, 0.6) is 0 Å². The van der Waals surface area contributed by atoms with E-state index in [1.54, 1.807) is 26.0 Å². The van der Waals surface area contributed by atoms with Crippen molar-refractivity contribution in [2.75, 3.05) is 19.4 Å². The molecule has 0 amide bonds. The molecule has 8 heteroatoms. The number of hydrogen-bond donors (Lipinski definition) is 1. The number of allylic oxidation sites excluding steroid dienone is 1. The van der Waals surface area contributed by atoms with Crippen LogP contribution in [0.4, 0.5) is 4.39 Å². The average Bonchev–Trinajstić information content (AvgIpc) is 3.13. The lowest BCUT2D eigenvalue weighted by Crippen LogP contribution is -2.06. The fourth-order valence-electron chi connectivity index (χ4n) is 3.86. The average molecular weight is 498 g/mol. The quantitative estimate of drug-likeness (QED) is 0.137. The number of para-hydroxylation sites is 1. The van der Waals surface area contributed by atoms with E-state index < -0.39 is 19.5 Å². The summed E-state index contributed by atoms with van der Waals surface area (Å²) in [5.74, 6) is 2.02. The Bertz CT molecular complexity index is 1350. The van der Waals surface area contributed by atoms with Crippen LogP contribution in [0.25, 0.3) is 16.6 Å². The van der Waals surface area contributed by atoms with Crippen LogP contribution < -0.4 is 0 Å². The smallest absolute Gasteiger partial charge is 0.334 e. The third-order valence-corrected chi connectivity index (χ3v) is 6.39. The van der Waals surface area contributed by atoms with Gasteiger partial charge in [0.1, 0.15) is 17.3 Å². The first-order valence-electron chi connectivity index (χ1n) is 11.4. The number of carbonyl (C=O) groups excluding carboxylic acids is 1. The lowest BCUT2D eigenvalue weighted by Gasteiger charge is -2.11. The number of ether oxygens (including phenoxy) is 2. The number of halogens is 1. The lowest BCUT2D eigenvalue weighted by atomic mass is 9.99. The molecule has 0 aliphatic rings. The minimum absolute atomic E-state index is 0.0363. The summed E-state index contributed by atoms with van der Waals surface area (Å²) >= 11 is 0. The predicted molar refractivity (Wildman–Crippen MR) is 135 cm³/mol. The van der Waals surface area contributed by atoms with Gasteiger partial charge in [0.15, 0.2) is 0 Å². The van der Waals surface area contributed by atoms with E-state index in [-0.39, 0.29) is 30.7 Å². The number of benzene rings is 2. The van der Waals surface area contributed by atoms with Crippen molar-refractivity contribution >= 4 is 24.2 Å². The van der Waals surface area contributed by atoms with Gasteiger partial charge in [-0.05, 0) is 67.2 Å². The molecule has 1 N–H and O–H groups in total. The van der Waals surface area contributed by atoms with E-state index in [9.17, 15) is 18.6 Å². The SMILES string of the molecule is CCOC(=O)/C=C(/CP(=O)(O)C#Cc1c(C(C)C)c2ccccc2n1-c1ccc(F)cc1)OCC. The molecule has 0 aliphatic heterocycles. The van der Waals surface area contributed by atoms with Gasteiger partial charge in [-0.3, -0.25) is 4.57 Å². The van der Waals surface area contributed by atoms with Crippen LogP contribution in [0.2, 0.25) is 0 Å². The number of carbonyl (C=O) groups is 1. The van der Waals surface area contributed by atoms with Crippen molar-refractivity contribution in [1.82, 2.24) is 4.57 Å². The van der Waals surface area contributed by atoms with Gasteiger partial charge in [-0.1, -0.05) is 32.0 Å². The number of aromatic nitrogens is 1. The van der Waals surface area contributed by atoms with Gasteiger partial charge in [-0.2, -0.15) is 0 Å². The fourth-order valence-corrected chi connectivity index (χ4v) is 4.82. The fraction of sp³-hybridized carbons (Fsp3) is 0.296. The summed E-state index contributed by atoms with van der Waals surface area (Å²) in [6.45, 7) is 7.82. The molecule has 3 rings (SSSR count). The molecule has 0 saturated carbocycles. The Balaban J connectivity index is 2.13. The third kappa shape index (κ3) is 6.42. The minimum Gasteiger partial charge on any atom is -0.497 e. The topological polar surface area (TPSA) is 77.8 Å². The molecule has 0 radical (unpaired) electrons. The maximum absolute atomic E-state index is 13.6. The van der Waals surface area contributed by atoms with Crippen molar-refractivity contribution in [3.63, 3.8) is 0 Å². The van der Waals surface area contributed by atoms with Gasteiger partial charge in [-0.15, -0.1) is 0 Å². The normalized spacial score (nSPS) is 13.3. The van der Waals surface area contributed by atoms with Crippen LogP contribution in [-0.4, -0.2) is 34.8 Å². The zero-order chi connectivity index (χ0) is 25.6. The Kier molecular flexibility index (Phi) is 8.56. The van der Waals surface area contributed by atoms with E-state index in [4.69, 9.17) is 9.47 Å². The highest BCUT2D eigenvalue weighted by Gasteiger charge is 2.23. The van der Waals surface area contributed by atoms with E-state index in [0.29, 0.717) is 11.4 Å². The molecule has 2 aromatic carbocycles. The molecule has 0 bridgehead atoms. The second-order valence-corrected chi connectivity index (χ2v) is 10.1. The van der Waals surface area contributed by atoms with E-state index in [1.807, 2.05) is 42.7 Å². The highest BCUT2D eigenvalue weighted by Crippen LogP contribution is 2.42. The first kappa shape index (κ1) is 26.3. The van der Waals surface area contributed by atoms with Gasteiger partial charge in [0.25, 0.3) is 7.37 Å². The molecule has 184 valence electrons. The van der Waals surface area contributed by atoms with Crippen LogP contribution in [0.1, 0.15) is 44.9 Å². The summed E-state index contributed by atoms with van der Waals surface area (Å²) in [4.78, 5) is 22.5. The van der Waals surface area contributed by atoms with Gasteiger partial charge >= 0.3 is 5.97 Å². The highest BCUT2D eigenvalue weighted by molar-refractivity contribution is 7.63. The number of hydrogen-bond acceptors (Lipinski definition) is 4. The van der Waals surface area contributed by atoms with Crippen molar-refractivity contribution in [3.8, 4) is 17.3 Å². The van der Waals surface area contributed by atoms with Crippen molar-refractivity contribution in [1.29, 1.82) is 0 Å². The molecule has 1 unspecified atom stereocenters. The Morgan fingerprint density at radius 1 is 1.11 bits per heavy atom. The number of esters is 1. The zero-order valence-corrected chi connectivity index (χ0v) is 21.1. The molecular weight excluding hydrogens is 468 g/mol. The van der Waals surface area contributed by atoms with E-state index in [2.05, 4.69) is 11.6 Å².